The maximum Gasteiger partial charge on any atom is 0.254 e. The van der Waals surface area contributed by atoms with E-state index in [-0.39, 0.29) is 42.0 Å². The van der Waals surface area contributed by atoms with Gasteiger partial charge in [0, 0.05) is 26.2 Å². The number of sulfonamides is 1. The van der Waals surface area contributed by atoms with E-state index in [1.165, 1.54) is 22.5 Å². The van der Waals surface area contributed by atoms with Gasteiger partial charge in [-0.1, -0.05) is 23.2 Å². The van der Waals surface area contributed by atoms with E-state index >= 15 is 0 Å². The fourth-order valence-corrected chi connectivity index (χ4v) is 5.20. The topological polar surface area (TPSA) is 77.9 Å². The summed E-state index contributed by atoms with van der Waals surface area (Å²) in [7, 11) is -3.69. The zero-order chi connectivity index (χ0) is 18.2. The van der Waals surface area contributed by atoms with Crippen LogP contribution in [0.4, 0.5) is 0 Å². The molecule has 9 heteroatoms. The highest BCUT2D eigenvalue weighted by Gasteiger charge is 2.43. The van der Waals surface area contributed by atoms with Gasteiger partial charge >= 0.3 is 0 Å². The Hall–Kier alpha value is -0.860. The molecule has 0 aromatic heterocycles. The first-order valence-corrected chi connectivity index (χ1v) is 10.4. The summed E-state index contributed by atoms with van der Waals surface area (Å²) in [6, 6.07) is 4.20. The number of amides is 1. The van der Waals surface area contributed by atoms with E-state index in [9.17, 15) is 18.3 Å². The molecule has 2 aliphatic rings. The van der Waals surface area contributed by atoms with Crippen LogP contribution in [0.2, 0.25) is 10.0 Å². The van der Waals surface area contributed by atoms with Crippen LogP contribution >= 0.6 is 23.2 Å². The second-order valence-corrected chi connectivity index (χ2v) is 9.26. The fourth-order valence-electron chi connectivity index (χ4n) is 3.39. The minimum atomic E-state index is -3.69. The van der Waals surface area contributed by atoms with E-state index in [0.29, 0.717) is 17.9 Å². The normalized spacial score (nSPS) is 21.5. The molecule has 25 heavy (non-hydrogen) atoms. The molecule has 2 fully saturated rings. The van der Waals surface area contributed by atoms with Crippen LogP contribution in [-0.2, 0) is 14.8 Å². The number of benzene rings is 1. The van der Waals surface area contributed by atoms with Crippen LogP contribution in [0, 0.1) is 0 Å². The third-order valence-corrected chi connectivity index (χ3v) is 7.52. The molecule has 1 N–H and O–H groups in total. The van der Waals surface area contributed by atoms with Gasteiger partial charge in [0.15, 0.2) is 0 Å². The second-order valence-electron chi connectivity index (χ2n) is 6.51. The maximum atomic E-state index is 12.7. The van der Waals surface area contributed by atoms with E-state index in [1.807, 2.05) is 0 Å². The summed E-state index contributed by atoms with van der Waals surface area (Å²) in [6.45, 7) is 0.901. The molecular formula is C16H20Cl2N2O4S. The first kappa shape index (κ1) is 18.9. The molecule has 1 aromatic rings. The summed E-state index contributed by atoms with van der Waals surface area (Å²) in [5.74, 6) is -0.281. The van der Waals surface area contributed by atoms with Crippen molar-refractivity contribution < 1.29 is 18.3 Å². The summed E-state index contributed by atoms with van der Waals surface area (Å²) in [6.07, 6.45) is 2.64. The van der Waals surface area contributed by atoms with Crippen molar-refractivity contribution >= 4 is 39.1 Å². The van der Waals surface area contributed by atoms with Crippen molar-refractivity contribution in [3.05, 3.63) is 28.2 Å². The number of nitrogens with zero attached hydrogens (tertiary/aromatic N) is 2. The average molecular weight is 407 g/mol. The monoisotopic (exact) mass is 406 g/mol. The molecule has 1 amide bonds. The molecule has 0 atom stereocenters. The summed E-state index contributed by atoms with van der Waals surface area (Å²) in [5.41, 5.74) is -1.27. The third-order valence-electron chi connectivity index (χ3n) is 4.88. The molecule has 1 aromatic carbocycles. The smallest absolute Gasteiger partial charge is 0.254 e. The van der Waals surface area contributed by atoms with Crippen LogP contribution in [-0.4, -0.2) is 60.4 Å². The Morgan fingerprint density at radius 2 is 1.64 bits per heavy atom. The Morgan fingerprint density at radius 1 is 1.04 bits per heavy atom. The zero-order valence-corrected chi connectivity index (χ0v) is 15.9. The minimum absolute atomic E-state index is 0.0797. The Balaban J connectivity index is 1.69. The molecule has 1 saturated carbocycles. The van der Waals surface area contributed by atoms with Crippen LogP contribution in [0.5, 0.6) is 0 Å². The Kier molecular flexibility index (Phi) is 5.33. The van der Waals surface area contributed by atoms with Gasteiger partial charge in [-0.25, -0.2) is 8.42 Å². The van der Waals surface area contributed by atoms with Crippen LogP contribution in [0.1, 0.15) is 25.7 Å². The summed E-state index contributed by atoms with van der Waals surface area (Å²) < 4.78 is 26.8. The van der Waals surface area contributed by atoms with Gasteiger partial charge in [-0.3, -0.25) is 4.79 Å². The highest BCUT2D eigenvalue weighted by Crippen LogP contribution is 2.32. The van der Waals surface area contributed by atoms with Crippen LogP contribution in [0.25, 0.3) is 0 Å². The molecular weight excluding hydrogens is 387 g/mol. The molecule has 0 bridgehead atoms. The van der Waals surface area contributed by atoms with Gasteiger partial charge in [-0.15, -0.1) is 0 Å². The molecule has 1 saturated heterocycles. The van der Waals surface area contributed by atoms with E-state index < -0.39 is 15.6 Å². The van der Waals surface area contributed by atoms with Crippen LogP contribution < -0.4 is 0 Å². The molecule has 1 aliphatic carbocycles. The van der Waals surface area contributed by atoms with Crippen molar-refractivity contribution in [1.29, 1.82) is 0 Å². The van der Waals surface area contributed by atoms with Crippen molar-refractivity contribution in [2.24, 2.45) is 0 Å². The van der Waals surface area contributed by atoms with Crippen molar-refractivity contribution in [3.8, 4) is 0 Å². The van der Waals surface area contributed by atoms with E-state index in [2.05, 4.69) is 0 Å². The van der Waals surface area contributed by atoms with Gasteiger partial charge in [0.2, 0.25) is 10.0 Å². The lowest BCUT2D eigenvalue weighted by atomic mass is 10.0. The number of carbonyl (C=O) groups is 1. The maximum absolute atomic E-state index is 12.7. The average Bonchev–Trinajstić information content (AvgIpc) is 3.04. The zero-order valence-electron chi connectivity index (χ0n) is 13.6. The molecule has 3 rings (SSSR count). The second kappa shape index (κ2) is 7.04. The third kappa shape index (κ3) is 3.66. The highest BCUT2D eigenvalue weighted by molar-refractivity contribution is 7.89. The number of hydrogen-bond acceptors (Lipinski definition) is 4. The molecule has 1 aliphatic heterocycles. The number of carbonyl (C=O) groups excluding carboxylic acids is 1. The predicted molar refractivity (Wildman–Crippen MR) is 95.2 cm³/mol. The van der Waals surface area contributed by atoms with Gasteiger partial charge in [0.25, 0.3) is 5.91 Å². The number of piperazine rings is 1. The van der Waals surface area contributed by atoms with Crippen molar-refractivity contribution in [3.63, 3.8) is 0 Å². The molecule has 0 unspecified atom stereocenters. The molecule has 138 valence electrons. The lowest BCUT2D eigenvalue weighted by molar-refractivity contribution is -0.151. The quantitative estimate of drug-likeness (QED) is 0.833. The first-order valence-electron chi connectivity index (χ1n) is 8.21. The predicted octanol–water partition coefficient (Wildman–Crippen LogP) is 2.13. The van der Waals surface area contributed by atoms with E-state index in [1.54, 1.807) is 4.90 Å². The van der Waals surface area contributed by atoms with E-state index in [4.69, 9.17) is 23.2 Å². The highest BCUT2D eigenvalue weighted by atomic mass is 35.5. The van der Waals surface area contributed by atoms with Crippen molar-refractivity contribution in [1.82, 2.24) is 9.21 Å². The van der Waals surface area contributed by atoms with Crippen LogP contribution in [0.3, 0.4) is 0 Å². The van der Waals surface area contributed by atoms with Gasteiger partial charge in [0.05, 0.1) is 14.9 Å². The summed E-state index contributed by atoms with van der Waals surface area (Å²) >= 11 is 11.8. The summed E-state index contributed by atoms with van der Waals surface area (Å²) in [4.78, 5) is 14.1. The van der Waals surface area contributed by atoms with Crippen molar-refractivity contribution in [2.45, 2.75) is 36.2 Å². The van der Waals surface area contributed by atoms with Crippen LogP contribution in [0.15, 0.2) is 23.1 Å². The molecule has 1 heterocycles. The lowest BCUT2D eigenvalue weighted by Gasteiger charge is -2.37. The number of halogens is 2. The molecule has 6 nitrogen and oxygen atoms in total. The van der Waals surface area contributed by atoms with Gasteiger partial charge in [-0.2, -0.15) is 4.31 Å². The standard InChI is InChI=1S/C16H20Cl2N2O4S/c17-13-4-3-12(11-14(13)18)25(23,24)20-9-7-19(8-10-20)15(21)16(22)5-1-2-6-16/h3-4,11,22H,1-2,5-10H2. The number of rotatable bonds is 3. The number of aliphatic hydroxyl groups is 1. The minimum Gasteiger partial charge on any atom is -0.380 e. The Labute approximate surface area is 157 Å². The molecule has 0 radical (unpaired) electrons. The largest absolute Gasteiger partial charge is 0.380 e. The van der Waals surface area contributed by atoms with Gasteiger partial charge in [0.1, 0.15) is 5.60 Å². The SMILES string of the molecule is O=C(N1CCN(S(=O)(=O)c2ccc(Cl)c(Cl)c2)CC1)C1(O)CCCC1. The van der Waals surface area contributed by atoms with Gasteiger partial charge in [-0.05, 0) is 43.9 Å². The number of hydrogen-bond donors (Lipinski definition) is 1. The Morgan fingerprint density at radius 3 is 2.20 bits per heavy atom. The Bertz CT molecular complexity index is 770. The fraction of sp³-hybridized carbons (Fsp3) is 0.562. The van der Waals surface area contributed by atoms with Crippen molar-refractivity contribution in [2.75, 3.05) is 26.2 Å². The van der Waals surface area contributed by atoms with Gasteiger partial charge < -0.3 is 10.0 Å². The first-order chi connectivity index (χ1) is 11.7. The lowest BCUT2D eigenvalue weighted by Crippen LogP contribution is -2.55. The molecule has 0 spiro atoms. The van der Waals surface area contributed by atoms with E-state index in [0.717, 1.165) is 12.8 Å². The summed E-state index contributed by atoms with van der Waals surface area (Å²) in [5, 5.41) is 10.9.